The number of nitrogens with one attached hydrogen (secondary N) is 3. The first-order chi connectivity index (χ1) is 19.0. The third kappa shape index (κ3) is 6.51. The number of aromatic nitrogens is 1. The van der Waals surface area contributed by atoms with Crippen molar-refractivity contribution in [1.82, 2.24) is 10.3 Å². The summed E-state index contributed by atoms with van der Waals surface area (Å²) in [7, 11) is 1.71. The molecule has 4 rings (SSSR count). The predicted octanol–water partition coefficient (Wildman–Crippen LogP) is 5.26. The Bertz CT molecular complexity index is 1440. The molecule has 1 aliphatic heterocycles. The van der Waals surface area contributed by atoms with Gasteiger partial charge in [0.2, 0.25) is 0 Å². The fourth-order valence-electron chi connectivity index (χ4n) is 4.53. The minimum absolute atomic E-state index is 0.275. The Morgan fingerprint density at radius 3 is 2.40 bits per heavy atom. The number of benzene rings is 2. The SMILES string of the molecule is CNC(=S)Nc1ccc(C(=O)Nc2ccc(OCC3(C)CCc4c(C)c(OC(C)=O)c(C)c(C)c4O3)cc2)cn1. The lowest BCUT2D eigenvalue weighted by atomic mass is 9.87. The molecule has 0 spiro atoms. The maximum atomic E-state index is 12.6. The first-order valence-corrected chi connectivity index (χ1v) is 13.4. The van der Waals surface area contributed by atoms with Crippen molar-refractivity contribution < 1.29 is 23.8 Å². The van der Waals surface area contributed by atoms with Crippen molar-refractivity contribution in [1.29, 1.82) is 0 Å². The van der Waals surface area contributed by atoms with E-state index >= 15 is 0 Å². The molecule has 2 aromatic carbocycles. The number of hydrogen-bond acceptors (Lipinski definition) is 7. The number of ether oxygens (including phenoxy) is 3. The quantitative estimate of drug-likeness (QED) is 0.202. The molecule has 210 valence electrons. The van der Waals surface area contributed by atoms with Crippen LogP contribution in [0, 0.1) is 20.8 Å². The van der Waals surface area contributed by atoms with E-state index in [0.29, 0.717) is 40.3 Å². The van der Waals surface area contributed by atoms with Gasteiger partial charge in [-0.15, -0.1) is 0 Å². The third-order valence-electron chi connectivity index (χ3n) is 6.96. The van der Waals surface area contributed by atoms with Crippen molar-refractivity contribution in [3.8, 4) is 17.2 Å². The van der Waals surface area contributed by atoms with E-state index in [9.17, 15) is 9.59 Å². The summed E-state index contributed by atoms with van der Waals surface area (Å²) in [6.07, 6.45) is 3.02. The maximum Gasteiger partial charge on any atom is 0.308 e. The first-order valence-electron chi connectivity index (χ1n) is 13.0. The first kappa shape index (κ1) is 28.8. The number of carbonyl (C=O) groups is 2. The van der Waals surface area contributed by atoms with E-state index in [2.05, 4.69) is 20.9 Å². The number of nitrogens with zero attached hydrogens (tertiary/aromatic N) is 1. The van der Waals surface area contributed by atoms with Crippen LogP contribution in [0.5, 0.6) is 17.2 Å². The molecule has 0 saturated carbocycles. The van der Waals surface area contributed by atoms with Gasteiger partial charge in [0.1, 0.15) is 35.3 Å². The normalized spacial score (nSPS) is 15.8. The summed E-state index contributed by atoms with van der Waals surface area (Å²) >= 11 is 5.05. The van der Waals surface area contributed by atoms with Crippen LogP contribution in [-0.4, -0.2) is 41.2 Å². The highest BCUT2D eigenvalue weighted by molar-refractivity contribution is 7.80. The summed E-state index contributed by atoms with van der Waals surface area (Å²) in [4.78, 5) is 28.5. The van der Waals surface area contributed by atoms with E-state index in [1.807, 2.05) is 39.8 Å². The summed E-state index contributed by atoms with van der Waals surface area (Å²) in [6.45, 7) is 9.70. The average Bonchev–Trinajstić information content (AvgIpc) is 2.94. The summed E-state index contributed by atoms with van der Waals surface area (Å²) < 4.78 is 18.1. The van der Waals surface area contributed by atoms with E-state index in [4.69, 9.17) is 26.4 Å². The van der Waals surface area contributed by atoms with Gasteiger partial charge in [0.25, 0.3) is 5.91 Å². The van der Waals surface area contributed by atoms with Gasteiger partial charge in [0, 0.05) is 31.4 Å². The molecular weight excluding hydrogens is 528 g/mol. The Morgan fingerprint density at radius 2 is 1.77 bits per heavy atom. The van der Waals surface area contributed by atoms with E-state index in [0.717, 1.165) is 40.8 Å². The van der Waals surface area contributed by atoms with Crippen LogP contribution in [0.25, 0.3) is 0 Å². The van der Waals surface area contributed by atoms with Crippen LogP contribution in [0.2, 0.25) is 0 Å². The smallest absolute Gasteiger partial charge is 0.308 e. The van der Waals surface area contributed by atoms with Crippen molar-refractivity contribution in [3.63, 3.8) is 0 Å². The Hall–Kier alpha value is -4.18. The van der Waals surface area contributed by atoms with Crippen molar-refractivity contribution >= 4 is 40.7 Å². The van der Waals surface area contributed by atoms with Crippen LogP contribution in [0.1, 0.15) is 52.9 Å². The molecule has 1 unspecified atom stereocenters. The maximum absolute atomic E-state index is 12.6. The number of hydrogen-bond donors (Lipinski definition) is 3. The van der Waals surface area contributed by atoms with Crippen LogP contribution in [-0.2, 0) is 11.2 Å². The van der Waals surface area contributed by atoms with Gasteiger partial charge < -0.3 is 30.2 Å². The standard InChI is InChI=1S/C30H34N4O5S/c1-17-18(2)27-24(19(3)26(17)38-20(4)35)13-14-30(5,39-27)16-37-23-10-8-22(9-11-23)33-28(36)21-7-12-25(32-15-21)34-29(40)31-6/h7-12,15H,13-14,16H2,1-6H3,(H,33,36)(H2,31,32,34,40). The lowest BCUT2D eigenvalue weighted by Crippen LogP contribution is -2.42. The second-order valence-electron chi connectivity index (χ2n) is 10.1. The number of rotatable bonds is 7. The fourth-order valence-corrected chi connectivity index (χ4v) is 4.64. The topological polar surface area (TPSA) is 111 Å². The Balaban J connectivity index is 1.36. The van der Waals surface area contributed by atoms with Crippen LogP contribution in [0.4, 0.5) is 11.5 Å². The highest BCUT2D eigenvalue weighted by atomic mass is 32.1. The zero-order valence-corrected chi connectivity index (χ0v) is 24.4. The molecule has 0 radical (unpaired) electrons. The van der Waals surface area contributed by atoms with Gasteiger partial charge in [0.15, 0.2) is 5.11 Å². The molecule has 0 fully saturated rings. The number of esters is 1. The molecule has 0 saturated heterocycles. The lowest BCUT2D eigenvalue weighted by molar-refractivity contribution is -0.132. The zero-order valence-electron chi connectivity index (χ0n) is 23.6. The highest BCUT2D eigenvalue weighted by Gasteiger charge is 2.35. The predicted molar refractivity (Wildman–Crippen MR) is 159 cm³/mol. The fraction of sp³-hybridized carbons (Fsp3) is 0.333. The lowest BCUT2D eigenvalue weighted by Gasteiger charge is -2.37. The molecule has 1 atom stereocenters. The van der Waals surface area contributed by atoms with Gasteiger partial charge in [-0.1, -0.05) is 0 Å². The van der Waals surface area contributed by atoms with Crippen molar-refractivity contribution in [2.45, 2.75) is 53.1 Å². The molecule has 2 heterocycles. The molecule has 3 N–H and O–H groups in total. The highest BCUT2D eigenvalue weighted by Crippen LogP contribution is 2.44. The van der Waals surface area contributed by atoms with Crippen LogP contribution in [0.3, 0.4) is 0 Å². The van der Waals surface area contributed by atoms with Gasteiger partial charge in [-0.05, 0) is 106 Å². The zero-order chi connectivity index (χ0) is 29.0. The van der Waals surface area contributed by atoms with Crippen LogP contribution >= 0.6 is 12.2 Å². The molecule has 10 heteroatoms. The Morgan fingerprint density at radius 1 is 1.05 bits per heavy atom. The van der Waals surface area contributed by atoms with Gasteiger partial charge in [0.05, 0.1) is 5.56 Å². The Labute approximate surface area is 239 Å². The van der Waals surface area contributed by atoms with E-state index in [1.54, 1.807) is 31.3 Å². The molecular formula is C30H34N4O5S. The molecule has 1 amide bonds. The third-order valence-corrected chi connectivity index (χ3v) is 7.27. The van der Waals surface area contributed by atoms with E-state index < -0.39 is 5.60 Å². The summed E-state index contributed by atoms with van der Waals surface area (Å²) in [5.74, 6) is 2.07. The van der Waals surface area contributed by atoms with Crippen molar-refractivity contribution in [3.05, 3.63) is 70.4 Å². The summed E-state index contributed by atoms with van der Waals surface area (Å²) in [5, 5.41) is 9.02. The largest absolute Gasteiger partial charge is 0.489 e. The van der Waals surface area contributed by atoms with Crippen molar-refractivity contribution in [2.75, 3.05) is 24.3 Å². The number of fused-ring (bicyclic) bond motifs is 1. The second-order valence-corrected chi connectivity index (χ2v) is 10.5. The molecule has 0 bridgehead atoms. The number of thiocarbonyl (C=S) groups is 1. The van der Waals surface area contributed by atoms with Gasteiger partial charge in [-0.3, -0.25) is 9.59 Å². The molecule has 0 aliphatic carbocycles. The van der Waals surface area contributed by atoms with Gasteiger partial charge >= 0.3 is 5.97 Å². The molecule has 3 aromatic rings. The molecule has 40 heavy (non-hydrogen) atoms. The van der Waals surface area contributed by atoms with Crippen LogP contribution in [0.15, 0.2) is 42.6 Å². The second kappa shape index (κ2) is 11.9. The number of anilines is 2. The number of amides is 1. The molecule has 1 aromatic heterocycles. The van der Waals surface area contributed by atoms with Crippen LogP contribution < -0.4 is 30.2 Å². The average molecular weight is 563 g/mol. The van der Waals surface area contributed by atoms with Gasteiger partial charge in [-0.2, -0.15) is 0 Å². The van der Waals surface area contributed by atoms with E-state index in [-0.39, 0.29) is 11.9 Å². The Kier molecular flexibility index (Phi) is 8.58. The monoisotopic (exact) mass is 562 g/mol. The summed E-state index contributed by atoms with van der Waals surface area (Å²) in [6, 6.07) is 10.6. The van der Waals surface area contributed by atoms with Crippen molar-refractivity contribution in [2.24, 2.45) is 0 Å². The van der Waals surface area contributed by atoms with Gasteiger partial charge in [-0.25, -0.2) is 4.98 Å². The summed E-state index contributed by atoms with van der Waals surface area (Å²) in [5.41, 5.74) is 4.40. The number of pyridine rings is 1. The van der Waals surface area contributed by atoms with E-state index in [1.165, 1.54) is 13.1 Å². The molecule has 1 aliphatic rings. The minimum Gasteiger partial charge on any atom is -0.489 e. The number of carbonyl (C=O) groups excluding carboxylic acids is 2. The molecule has 9 nitrogen and oxygen atoms in total. The minimum atomic E-state index is -0.530.